The second-order valence-corrected chi connectivity index (χ2v) is 6.46. The summed E-state index contributed by atoms with van der Waals surface area (Å²) < 4.78 is 45.5. The molecule has 0 radical (unpaired) electrons. The first-order valence-electron chi connectivity index (χ1n) is 8.29. The number of nitrogens with zero attached hydrogens (tertiary/aromatic N) is 2. The Kier molecular flexibility index (Phi) is 5.69. The zero-order valence-electron chi connectivity index (χ0n) is 15.0. The molecule has 0 aliphatic rings. The molecule has 0 spiro atoms. The lowest BCUT2D eigenvalue weighted by Gasteiger charge is -2.13. The number of phenolic OH excluding ortho intramolecular Hbond substituents is 1. The number of hydrogen-bond donors (Lipinski definition) is 2. The minimum atomic E-state index is -4.56. The normalized spacial score (nSPS) is 11.3. The maximum absolute atomic E-state index is 13.0. The van der Waals surface area contributed by atoms with Crippen molar-refractivity contribution in [3.05, 3.63) is 64.8 Å². The molecule has 0 aliphatic heterocycles. The molecular formula is C19H15ClF3N3O3. The molecule has 0 saturated carbocycles. The molecule has 3 aromatic rings. The monoisotopic (exact) mass is 425 g/mol. The van der Waals surface area contributed by atoms with Crippen molar-refractivity contribution in [3.63, 3.8) is 0 Å². The quantitative estimate of drug-likeness (QED) is 0.627. The third kappa shape index (κ3) is 4.80. The SMILES string of the molecule is Cc1cc(NC(=O)COc2ccccc2O)n(-c2cc(C(F)(F)F)ccc2Cl)n1. The number of carbonyl (C=O) groups excluding carboxylic acids is 1. The number of alkyl halides is 3. The highest BCUT2D eigenvalue weighted by Crippen LogP contribution is 2.34. The largest absolute Gasteiger partial charge is 0.504 e. The number of carbonyl (C=O) groups is 1. The predicted octanol–water partition coefficient (Wildman–Crippen LogP) is 4.58. The van der Waals surface area contributed by atoms with Gasteiger partial charge >= 0.3 is 6.18 Å². The van der Waals surface area contributed by atoms with Crippen LogP contribution in [0.15, 0.2) is 48.5 Å². The molecule has 1 heterocycles. The Morgan fingerprint density at radius 3 is 2.66 bits per heavy atom. The minimum Gasteiger partial charge on any atom is -0.504 e. The number of phenols is 1. The fraction of sp³-hybridized carbons (Fsp3) is 0.158. The third-order valence-corrected chi connectivity index (χ3v) is 4.14. The minimum absolute atomic E-state index is 0.0297. The summed E-state index contributed by atoms with van der Waals surface area (Å²) in [7, 11) is 0. The number of hydrogen-bond acceptors (Lipinski definition) is 4. The van der Waals surface area contributed by atoms with Crippen molar-refractivity contribution in [2.75, 3.05) is 11.9 Å². The van der Waals surface area contributed by atoms with E-state index in [1.807, 2.05) is 0 Å². The summed E-state index contributed by atoms with van der Waals surface area (Å²) in [6, 6.07) is 10.4. The highest BCUT2D eigenvalue weighted by molar-refractivity contribution is 6.32. The molecule has 1 aromatic heterocycles. The zero-order chi connectivity index (χ0) is 21.2. The number of anilines is 1. The van der Waals surface area contributed by atoms with Gasteiger partial charge in [-0.05, 0) is 37.3 Å². The van der Waals surface area contributed by atoms with Crippen LogP contribution in [0.1, 0.15) is 11.3 Å². The molecule has 0 atom stereocenters. The standard InChI is InChI=1S/C19H15ClF3N3O3/c1-11-8-17(24-18(28)10-29-16-5-3-2-4-15(16)27)26(25-11)14-9-12(19(21,22)23)6-7-13(14)20/h2-9,27H,10H2,1H3,(H,24,28). The van der Waals surface area contributed by atoms with Gasteiger partial charge in [0.2, 0.25) is 0 Å². The van der Waals surface area contributed by atoms with E-state index in [-0.39, 0.29) is 28.0 Å². The van der Waals surface area contributed by atoms with E-state index in [0.717, 1.165) is 22.9 Å². The van der Waals surface area contributed by atoms with Crippen molar-refractivity contribution in [3.8, 4) is 17.2 Å². The number of rotatable bonds is 5. The molecule has 2 aromatic carbocycles. The van der Waals surface area contributed by atoms with E-state index in [4.69, 9.17) is 16.3 Å². The van der Waals surface area contributed by atoms with Crippen molar-refractivity contribution in [2.24, 2.45) is 0 Å². The van der Waals surface area contributed by atoms with Crippen LogP contribution in [0.3, 0.4) is 0 Å². The summed E-state index contributed by atoms with van der Waals surface area (Å²) in [6.07, 6.45) is -4.56. The molecule has 6 nitrogen and oxygen atoms in total. The van der Waals surface area contributed by atoms with E-state index in [9.17, 15) is 23.1 Å². The molecule has 2 N–H and O–H groups in total. The Balaban J connectivity index is 1.83. The summed E-state index contributed by atoms with van der Waals surface area (Å²) in [6.45, 7) is 1.18. The second kappa shape index (κ2) is 8.04. The summed E-state index contributed by atoms with van der Waals surface area (Å²) in [5, 5.41) is 16.3. The van der Waals surface area contributed by atoms with Crippen molar-refractivity contribution in [1.82, 2.24) is 9.78 Å². The summed E-state index contributed by atoms with van der Waals surface area (Å²) in [5.41, 5.74) is -0.480. The summed E-state index contributed by atoms with van der Waals surface area (Å²) >= 11 is 6.06. The first-order valence-corrected chi connectivity index (χ1v) is 8.67. The van der Waals surface area contributed by atoms with Crippen molar-refractivity contribution < 1.29 is 27.8 Å². The van der Waals surface area contributed by atoms with Gasteiger partial charge in [0.05, 0.1) is 22.0 Å². The second-order valence-electron chi connectivity index (χ2n) is 6.05. The molecule has 3 rings (SSSR count). The van der Waals surface area contributed by atoms with Gasteiger partial charge in [0.25, 0.3) is 5.91 Å². The molecule has 1 amide bonds. The Hall–Kier alpha value is -3.20. The summed E-state index contributed by atoms with van der Waals surface area (Å²) in [4.78, 5) is 12.2. The average molecular weight is 426 g/mol. The highest BCUT2D eigenvalue weighted by Gasteiger charge is 2.31. The number of amides is 1. The van der Waals surface area contributed by atoms with Gasteiger partial charge in [-0.25, -0.2) is 4.68 Å². The third-order valence-electron chi connectivity index (χ3n) is 3.82. The molecular weight excluding hydrogens is 411 g/mol. The van der Waals surface area contributed by atoms with E-state index < -0.39 is 24.3 Å². The van der Waals surface area contributed by atoms with Gasteiger partial charge in [0.15, 0.2) is 18.1 Å². The first-order chi connectivity index (χ1) is 13.6. The van der Waals surface area contributed by atoms with Gasteiger partial charge in [-0.1, -0.05) is 23.7 Å². The van der Waals surface area contributed by atoms with Crippen LogP contribution in [0, 0.1) is 6.92 Å². The lowest BCUT2D eigenvalue weighted by Crippen LogP contribution is -2.22. The molecule has 0 unspecified atom stereocenters. The van der Waals surface area contributed by atoms with Crippen molar-refractivity contribution >= 4 is 23.3 Å². The Labute approximate surface area is 168 Å². The lowest BCUT2D eigenvalue weighted by atomic mass is 10.2. The molecule has 152 valence electrons. The maximum Gasteiger partial charge on any atom is 0.416 e. The number of nitrogens with one attached hydrogen (secondary N) is 1. The van der Waals surface area contributed by atoms with Gasteiger partial charge in [0, 0.05) is 6.07 Å². The Morgan fingerprint density at radius 2 is 1.97 bits per heavy atom. The first kappa shape index (κ1) is 20.5. The van der Waals surface area contributed by atoms with Gasteiger partial charge in [-0.3, -0.25) is 4.79 Å². The average Bonchev–Trinajstić information content (AvgIpc) is 3.00. The van der Waals surface area contributed by atoms with Crippen LogP contribution in [0.2, 0.25) is 5.02 Å². The van der Waals surface area contributed by atoms with Crippen LogP contribution in [-0.4, -0.2) is 27.4 Å². The fourth-order valence-corrected chi connectivity index (χ4v) is 2.72. The van der Waals surface area contributed by atoms with Gasteiger partial charge < -0.3 is 15.2 Å². The van der Waals surface area contributed by atoms with E-state index in [1.165, 1.54) is 18.2 Å². The Bertz CT molecular complexity index is 1050. The van der Waals surface area contributed by atoms with Crippen molar-refractivity contribution in [1.29, 1.82) is 0 Å². The fourth-order valence-electron chi connectivity index (χ4n) is 2.52. The van der Waals surface area contributed by atoms with E-state index in [2.05, 4.69) is 10.4 Å². The van der Waals surface area contributed by atoms with Crippen LogP contribution >= 0.6 is 11.6 Å². The zero-order valence-corrected chi connectivity index (χ0v) is 15.8. The van der Waals surface area contributed by atoms with Crippen LogP contribution in [-0.2, 0) is 11.0 Å². The van der Waals surface area contributed by atoms with E-state index in [0.29, 0.717) is 5.69 Å². The van der Waals surface area contributed by atoms with Crippen LogP contribution < -0.4 is 10.1 Å². The molecule has 0 fully saturated rings. The number of aryl methyl sites for hydroxylation is 1. The van der Waals surface area contributed by atoms with Crippen LogP contribution in [0.25, 0.3) is 5.69 Å². The molecule has 10 heteroatoms. The molecule has 0 saturated heterocycles. The number of aromatic hydroxyl groups is 1. The predicted molar refractivity (Wildman–Crippen MR) is 101 cm³/mol. The number of aromatic nitrogens is 2. The van der Waals surface area contributed by atoms with Crippen LogP contribution in [0.4, 0.5) is 19.0 Å². The number of para-hydroxylation sites is 2. The molecule has 0 bridgehead atoms. The lowest BCUT2D eigenvalue weighted by molar-refractivity contribution is -0.137. The van der Waals surface area contributed by atoms with Gasteiger partial charge in [-0.2, -0.15) is 18.3 Å². The Morgan fingerprint density at radius 1 is 1.24 bits per heavy atom. The highest BCUT2D eigenvalue weighted by atomic mass is 35.5. The van der Waals surface area contributed by atoms with E-state index >= 15 is 0 Å². The van der Waals surface area contributed by atoms with Crippen molar-refractivity contribution in [2.45, 2.75) is 13.1 Å². The van der Waals surface area contributed by atoms with Gasteiger partial charge in [-0.15, -0.1) is 0 Å². The molecule has 29 heavy (non-hydrogen) atoms. The number of halogens is 4. The smallest absolute Gasteiger partial charge is 0.416 e. The van der Waals surface area contributed by atoms with E-state index in [1.54, 1.807) is 19.1 Å². The maximum atomic E-state index is 13.0. The van der Waals surface area contributed by atoms with Crippen LogP contribution in [0.5, 0.6) is 11.5 Å². The number of ether oxygens (including phenoxy) is 1. The molecule has 0 aliphatic carbocycles. The van der Waals surface area contributed by atoms with Gasteiger partial charge in [0.1, 0.15) is 5.82 Å². The summed E-state index contributed by atoms with van der Waals surface area (Å²) in [5.74, 6) is -0.489. The topological polar surface area (TPSA) is 76.4 Å². The number of benzene rings is 2.